The number of hydrogen-bond acceptors (Lipinski definition) is 3. The van der Waals surface area contributed by atoms with E-state index < -0.39 is 9.84 Å². The number of sulfone groups is 1. The zero-order chi connectivity index (χ0) is 12.7. The van der Waals surface area contributed by atoms with Crippen LogP contribution in [0.2, 0.25) is 0 Å². The lowest BCUT2D eigenvalue weighted by atomic mass is 9.81. The van der Waals surface area contributed by atoms with E-state index in [1.165, 1.54) is 0 Å². The van der Waals surface area contributed by atoms with Crippen molar-refractivity contribution in [3.8, 4) is 0 Å². The molecule has 98 valence electrons. The van der Waals surface area contributed by atoms with Crippen LogP contribution in [0.15, 0.2) is 0 Å². The van der Waals surface area contributed by atoms with Crippen LogP contribution in [0.1, 0.15) is 46.5 Å². The van der Waals surface area contributed by atoms with Gasteiger partial charge in [0.15, 0.2) is 0 Å². The van der Waals surface area contributed by atoms with Crippen molar-refractivity contribution in [3.63, 3.8) is 0 Å². The van der Waals surface area contributed by atoms with Gasteiger partial charge in [-0.1, -0.05) is 27.2 Å². The van der Waals surface area contributed by atoms with Crippen LogP contribution in [0.5, 0.6) is 0 Å². The van der Waals surface area contributed by atoms with E-state index in [-0.39, 0.29) is 11.2 Å². The van der Waals surface area contributed by atoms with Gasteiger partial charge in [-0.3, -0.25) is 0 Å². The summed E-state index contributed by atoms with van der Waals surface area (Å²) in [6.45, 7) is 7.10. The molecule has 0 heterocycles. The third kappa shape index (κ3) is 6.48. The maximum atomic E-state index is 11.4. The van der Waals surface area contributed by atoms with E-state index in [0.717, 1.165) is 32.2 Å². The van der Waals surface area contributed by atoms with Gasteiger partial charge in [-0.2, -0.15) is 0 Å². The Balaban J connectivity index is 4.12. The molecule has 1 N–H and O–H groups in total. The lowest BCUT2D eigenvalue weighted by Crippen LogP contribution is -2.30. The van der Waals surface area contributed by atoms with Gasteiger partial charge in [-0.25, -0.2) is 8.42 Å². The van der Waals surface area contributed by atoms with Gasteiger partial charge in [-0.05, 0) is 31.7 Å². The van der Waals surface area contributed by atoms with Crippen LogP contribution >= 0.6 is 0 Å². The van der Waals surface area contributed by atoms with Crippen molar-refractivity contribution in [1.82, 2.24) is 5.32 Å². The molecule has 3 nitrogen and oxygen atoms in total. The molecule has 0 spiro atoms. The second-order valence-corrected chi connectivity index (χ2v) is 7.40. The number of hydrogen-bond donors (Lipinski definition) is 1. The maximum absolute atomic E-state index is 11.4. The molecule has 0 rings (SSSR count). The molecule has 0 aliphatic carbocycles. The molecule has 0 amide bonds. The summed E-state index contributed by atoms with van der Waals surface area (Å²) >= 11 is 0. The van der Waals surface area contributed by atoms with Crippen molar-refractivity contribution in [3.05, 3.63) is 0 Å². The first-order chi connectivity index (χ1) is 7.39. The summed E-state index contributed by atoms with van der Waals surface area (Å²) in [5, 5.41) is 3.21. The van der Waals surface area contributed by atoms with E-state index in [1.54, 1.807) is 6.92 Å². The summed E-state index contributed by atoms with van der Waals surface area (Å²) in [7, 11) is -0.837. The van der Waals surface area contributed by atoms with E-state index in [2.05, 4.69) is 19.2 Å². The van der Waals surface area contributed by atoms with Gasteiger partial charge < -0.3 is 5.32 Å². The standard InChI is InChI=1S/C12H27NO2S/c1-5-8-12(3,11-13-4)9-7-10-16(14,15)6-2/h13H,5-11H2,1-4H3. The summed E-state index contributed by atoms with van der Waals surface area (Å²) in [6, 6.07) is 0. The topological polar surface area (TPSA) is 46.2 Å². The molecular weight excluding hydrogens is 222 g/mol. The highest BCUT2D eigenvalue weighted by Gasteiger charge is 2.22. The molecule has 0 saturated heterocycles. The lowest BCUT2D eigenvalue weighted by molar-refractivity contribution is 0.260. The third-order valence-electron chi connectivity index (χ3n) is 3.13. The monoisotopic (exact) mass is 249 g/mol. The summed E-state index contributed by atoms with van der Waals surface area (Å²) < 4.78 is 22.8. The molecule has 0 aromatic heterocycles. The summed E-state index contributed by atoms with van der Waals surface area (Å²) in [6.07, 6.45) is 4.08. The largest absolute Gasteiger partial charge is 0.319 e. The molecule has 0 aromatic carbocycles. The Labute approximate surface area is 101 Å². The molecule has 0 aromatic rings. The van der Waals surface area contributed by atoms with Gasteiger partial charge in [0.05, 0.1) is 5.75 Å². The average molecular weight is 249 g/mol. The van der Waals surface area contributed by atoms with Crippen molar-refractivity contribution < 1.29 is 8.42 Å². The number of rotatable bonds is 9. The van der Waals surface area contributed by atoms with E-state index in [0.29, 0.717) is 5.75 Å². The predicted molar refractivity (Wildman–Crippen MR) is 70.5 cm³/mol. The average Bonchev–Trinajstić information content (AvgIpc) is 2.18. The summed E-state index contributed by atoms with van der Waals surface area (Å²) in [4.78, 5) is 0. The molecule has 16 heavy (non-hydrogen) atoms. The molecule has 0 fully saturated rings. The first-order valence-corrected chi connectivity index (χ1v) is 8.06. The minimum Gasteiger partial charge on any atom is -0.319 e. The Hall–Kier alpha value is -0.0900. The third-order valence-corrected chi connectivity index (χ3v) is 4.92. The quantitative estimate of drug-likeness (QED) is 0.681. The fourth-order valence-electron chi connectivity index (χ4n) is 2.20. The minimum absolute atomic E-state index is 0.243. The summed E-state index contributed by atoms with van der Waals surface area (Å²) in [5.41, 5.74) is 0.243. The Morgan fingerprint density at radius 1 is 1.19 bits per heavy atom. The second kappa shape index (κ2) is 7.28. The predicted octanol–water partition coefficient (Wildman–Crippen LogP) is 2.23. The molecule has 0 aliphatic rings. The van der Waals surface area contributed by atoms with E-state index in [1.807, 2.05) is 7.05 Å². The smallest absolute Gasteiger partial charge is 0.150 e. The van der Waals surface area contributed by atoms with Crippen LogP contribution in [0.3, 0.4) is 0 Å². The molecule has 4 heteroatoms. The Kier molecular flexibility index (Phi) is 7.24. The molecule has 1 atom stereocenters. The first-order valence-electron chi connectivity index (χ1n) is 6.24. The van der Waals surface area contributed by atoms with Crippen molar-refractivity contribution in [1.29, 1.82) is 0 Å². The zero-order valence-electron chi connectivity index (χ0n) is 11.2. The SMILES string of the molecule is CCCC(C)(CCCS(=O)(=O)CC)CNC. The molecule has 1 unspecified atom stereocenters. The van der Waals surface area contributed by atoms with Crippen LogP contribution in [-0.2, 0) is 9.84 Å². The normalized spacial score (nSPS) is 16.0. The Morgan fingerprint density at radius 3 is 2.25 bits per heavy atom. The Bertz CT molecular complexity index is 267. The van der Waals surface area contributed by atoms with Gasteiger partial charge in [0, 0.05) is 12.3 Å². The molecular formula is C12H27NO2S. The van der Waals surface area contributed by atoms with E-state index in [4.69, 9.17) is 0 Å². The van der Waals surface area contributed by atoms with Crippen molar-refractivity contribution >= 4 is 9.84 Å². The maximum Gasteiger partial charge on any atom is 0.150 e. The van der Waals surface area contributed by atoms with Crippen LogP contribution in [0.4, 0.5) is 0 Å². The zero-order valence-corrected chi connectivity index (χ0v) is 12.0. The van der Waals surface area contributed by atoms with Crippen molar-refractivity contribution in [2.45, 2.75) is 46.5 Å². The fraction of sp³-hybridized carbons (Fsp3) is 1.00. The first kappa shape index (κ1) is 15.9. The van der Waals surface area contributed by atoms with Gasteiger partial charge in [0.1, 0.15) is 9.84 Å². The van der Waals surface area contributed by atoms with Crippen molar-refractivity contribution in [2.24, 2.45) is 5.41 Å². The van der Waals surface area contributed by atoms with Gasteiger partial charge in [0.25, 0.3) is 0 Å². The molecule has 0 bridgehead atoms. The highest BCUT2D eigenvalue weighted by atomic mass is 32.2. The minimum atomic E-state index is -2.79. The fourth-order valence-corrected chi connectivity index (χ4v) is 3.07. The lowest BCUT2D eigenvalue weighted by Gasteiger charge is -2.29. The molecule has 0 aliphatic heterocycles. The second-order valence-electron chi connectivity index (χ2n) is 4.93. The van der Waals surface area contributed by atoms with Gasteiger partial charge >= 0.3 is 0 Å². The van der Waals surface area contributed by atoms with E-state index >= 15 is 0 Å². The Morgan fingerprint density at radius 2 is 1.81 bits per heavy atom. The van der Waals surface area contributed by atoms with Crippen LogP contribution in [-0.4, -0.2) is 33.5 Å². The number of nitrogens with one attached hydrogen (secondary N) is 1. The molecule has 0 radical (unpaired) electrons. The van der Waals surface area contributed by atoms with Crippen molar-refractivity contribution in [2.75, 3.05) is 25.1 Å². The van der Waals surface area contributed by atoms with Crippen LogP contribution in [0, 0.1) is 5.41 Å². The molecule has 0 saturated carbocycles. The van der Waals surface area contributed by atoms with Gasteiger partial charge in [-0.15, -0.1) is 0 Å². The van der Waals surface area contributed by atoms with Gasteiger partial charge in [0.2, 0.25) is 0 Å². The highest BCUT2D eigenvalue weighted by molar-refractivity contribution is 7.91. The summed E-state index contributed by atoms with van der Waals surface area (Å²) in [5.74, 6) is 0.607. The van der Waals surface area contributed by atoms with E-state index in [9.17, 15) is 8.42 Å². The van der Waals surface area contributed by atoms with Crippen LogP contribution < -0.4 is 5.32 Å². The van der Waals surface area contributed by atoms with Crippen LogP contribution in [0.25, 0.3) is 0 Å². The highest BCUT2D eigenvalue weighted by Crippen LogP contribution is 2.28.